The topological polar surface area (TPSA) is 102 Å². The third kappa shape index (κ3) is 4.51. The van der Waals surface area contributed by atoms with Gasteiger partial charge in [0.1, 0.15) is 5.69 Å². The fourth-order valence-corrected chi connectivity index (χ4v) is 3.52. The number of hydrogen-bond acceptors (Lipinski definition) is 5. The predicted octanol–water partition coefficient (Wildman–Crippen LogP) is 2.42. The molecule has 0 atom stereocenters. The summed E-state index contributed by atoms with van der Waals surface area (Å²) in [6.07, 6.45) is 0. The lowest BCUT2D eigenvalue weighted by atomic mass is 10.1. The first-order valence-electron chi connectivity index (χ1n) is 9.16. The summed E-state index contributed by atoms with van der Waals surface area (Å²) in [6, 6.07) is 10.7. The van der Waals surface area contributed by atoms with E-state index in [1.807, 2.05) is 44.2 Å². The van der Waals surface area contributed by atoms with Gasteiger partial charge < -0.3 is 10.3 Å². The summed E-state index contributed by atoms with van der Waals surface area (Å²) in [6.45, 7) is 5.66. The summed E-state index contributed by atoms with van der Waals surface area (Å²) in [5.41, 5.74) is 1.70. The molecule has 3 rings (SSSR count). The third-order valence-electron chi connectivity index (χ3n) is 4.49. The second-order valence-corrected chi connectivity index (χ2v) is 7.87. The van der Waals surface area contributed by atoms with Crippen molar-refractivity contribution in [1.29, 1.82) is 0 Å². The molecule has 0 spiro atoms. The van der Waals surface area contributed by atoms with Crippen LogP contribution in [0.15, 0.2) is 51.1 Å². The number of para-hydroxylation sites is 1. The number of aromatic nitrogens is 4. The summed E-state index contributed by atoms with van der Waals surface area (Å²) in [5, 5.41) is 3.08. The Morgan fingerprint density at radius 3 is 2.59 bits per heavy atom. The van der Waals surface area contributed by atoms with Crippen LogP contribution in [0.5, 0.6) is 0 Å². The lowest BCUT2D eigenvalue weighted by Crippen LogP contribution is -2.23. The van der Waals surface area contributed by atoms with E-state index in [9.17, 15) is 14.4 Å². The quantitative estimate of drug-likeness (QED) is 0.477. The Hall–Kier alpha value is -3.07. The van der Waals surface area contributed by atoms with E-state index < -0.39 is 0 Å². The second kappa shape index (κ2) is 8.52. The van der Waals surface area contributed by atoms with Crippen LogP contribution in [-0.2, 0) is 11.8 Å². The molecule has 8 nitrogen and oxygen atoms in total. The average molecular weight is 414 g/mol. The molecule has 0 bridgehead atoms. The van der Waals surface area contributed by atoms with Crippen LogP contribution in [0.4, 0.5) is 5.69 Å². The molecule has 0 saturated heterocycles. The molecule has 2 N–H and O–H groups in total. The number of nitrogens with zero attached hydrogens (tertiary/aromatic N) is 3. The Bertz CT molecular complexity index is 1150. The molecule has 0 radical (unpaired) electrons. The number of hydrogen-bond donors (Lipinski definition) is 2. The summed E-state index contributed by atoms with van der Waals surface area (Å²) in [5.74, 6) is -0.226. The first-order chi connectivity index (χ1) is 13.8. The van der Waals surface area contributed by atoms with Crippen LogP contribution in [0.3, 0.4) is 0 Å². The number of thioether (sulfide) groups is 1. The standard InChI is InChI=1S/C20H23N5O3S/c1-12(2)15-10-16(26)23-20(21-15)29-11-17(27)22-18-13(3)24(4)25(19(18)28)14-8-6-5-7-9-14/h5-10,12H,11H2,1-4H3,(H,22,27)(H,21,23,26). The minimum absolute atomic E-state index is 0.0175. The maximum absolute atomic E-state index is 12.8. The maximum atomic E-state index is 12.8. The van der Waals surface area contributed by atoms with E-state index in [-0.39, 0.29) is 34.4 Å². The number of nitrogens with one attached hydrogen (secondary N) is 2. The molecule has 2 heterocycles. The molecule has 0 unspecified atom stereocenters. The van der Waals surface area contributed by atoms with Crippen molar-refractivity contribution in [3.05, 3.63) is 68.5 Å². The summed E-state index contributed by atoms with van der Waals surface area (Å²) < 4.78 is 3.20. The molecule has 0 aliphatic heterocycles. The molecule has 0 fully saturated rings. The van der Waals surface area contributed by atoms with Crippen LogP contribution >= 0.6 is 11.8 Å². The van der Waals surface area contributed by atoms with E-state index in [0.717, 1.165) is 11.8 Å². The highest BCUT2D eigenvalue weighted by Crippen LogP contribution is 2.17. The molecular weight excluding hydrogens is 390 g/mol. The predicted molar refractivity (Wildman–Crippen MR) is 114 cm³/mol. The van der Waals surface area contributed by atoms with Crippen molar-refractivity contribution in [2.45, 2.75) is 31.8 Å². The van der Waals surface area contributed by atoms with Crippen molar-refractivity contribution in [2.24, 2.45) is 7.05 Å². The number of H-pyrrole nitrogens is 1. The highest BCUT2D eigenvalue weighted by atomic mass is 32.2. The molecule has 9 heteroatoms. The highest BCUT2D eigenvalue weighted by Gasteiger charge is 2.18. The normalized spacial score (nSPS) is 11.1. The van der Waals surface area contributed by atoms with Crippen LogP contribution < -0.4 is 16.4 Å². The lowest BCUT2D eigenvalue weighted by Gasteiger charge is -2.07. The number of amides is 1. The third-order valence-corrected chi connectivity index (χ3v) is 5.36. The monoisotopic (exact) mass is 413 g/mol. The largest absolute Gasteiger partial charge is 0.319 e. The number of carbonyl (C=O) groups excluding carboxylic acids is 1. The Kier molecular flexibility index (Phi) is 6.07. The van der Waals surface area contributed by atoms with Gasteiger partial charge in [-0.1, -0.05) is 43.8 Å². The molecule has 1 aromatic carbocycles. The van der Waals surface area contributed by atoms with E-state index in [0.29, 0.717) is 22.2 Å². The van der Waals surface area contributed by atoms with Gasteiger partial charge in [-0.25, -0.2) is 9.67 Å². The molecule has 2 aromatic heterocycles. The van der Waals surface area contributed by atoms with Crippen molar-refractivity contribution in [2.75, 3.05) is 11.1 Å². The highest BCUT2D eigenvalue weighted by molar-refractivity contribution is 7.99. The van der Waals surface area contributed by atoms with Crippen LogP contribution in [0, 0.1) is 6.92 Å². The summed E-state index contributed by atoms with van der Waals surface area (Å²) >= 11 is 1.12. The Labute approximate surface area is 172 Å². The molecule has 3 aromatic rings. The van der Waals surface area contributed by atoms with Crippen molar-refractivity contribution in [3.8, 4) is 5.69 Å². The zero-order chi connectivity index (χ0) is 21.1. The first kappa shape index (κ1) is 20.7. The van der Waals surface area contributed by atoms with Crippen LogP contribution in [0.2, 0.25) is 0 Å². The molecule has 0 aliphatic carbocycles. The van der Waals surface area contributed by atoms with Gasteiger partial charge in [0, 0.05) is 13.1 Å². The molecular formula is C20H23N5O3S. The van der Waals surface area contributed by atoms with Gasteiger partial charge >= 0.3 is 0 Å². The van der Waals surface area contributed by atoms with Gasteiger partial charge in [0.25, 0.3) is 11.1 Å². The van der Waals surface area contributed by atoms with E-state index in [2.05, 4.69) is 15.3 Å². The Morgan fingerprint density at radius 2 is 1.93 bits per heavy atom. The first-order valence-corrected chi connectivity index (χ1v) is 10.1. The lowest BCUT2D eigenvalue weighted by molar-refractivity contribution is -0.113. The number of carbonyl (C=O) groups is 1. The van der Waals surface area contributed by atoms with Gasteiger partial charge in [-0.3, -0.25) is 19.1 Å². The van der Waals surface area contributed by atoms with Gasteiger partial charge in [-0.15, -0.1) is 0 Å². The van der Waals surface area contributed by atoms with Crippen molar-refractivity contribution < 1.29 is 4.79 Å². The smallest absolute Gasteiger partial charge is 0.295 e. The Balaban J connectivity index is 1.77. The second-order valence-electron chi connectivity index (χ2n) is 6.90. The van der Waals surface area contributed by atoms with Crippen molar-refractivity contribution in [3.63, 3.8) is 0 Å². The van der Waals surface area contributed by atoms with Crippen molar-refractivity contribution in [1.82, 2.24) is 19.3 Å². The van der Waals surface area contributed by atoms with Crippen LogP contribution in [-0.4, -0.2) is 31.0 Å². The number of benzene rings is 1. The molecule has 29 heavy (non-hydrogen) atoms. The fraction of sp³-hybridized carbons (Fsp3) is 0.300. The molecule has 0 aliphatic rings. The zero-order valence-electron chi connectivity index (χ0n) is 16.7. The van der Waals surface area contributed by atoms with E-state index in [1.165, 1.54) is 10.7 Å². The summed E-state index contributed by atoms with van der Waals surface area (Å²) in [4.78, 5) is 44.0. The van der Waals surface area contributed by atoms with E-state index >= 15 is 0 Å². The zero-order valence-corrected chi connectivity index (χ0v) is 17.5. The number of aromatic amines is 1. The van der Waals surface area contributed by atoms with E-state index in [1.54, 1.807) is 18.7 Å². The van der Waals surface area contributed by atoms with Crippen LogP contribution in [0.1, 0.15) is 31.2 Å². The average Bonchev–Trinajstić information content (AvgIpc) is 2.90. The van der Waals surface area contributed by atoms with Gasteiger partial charge in [-0.05, 0) is 25.0 Å². The SMILES string of the molecule is Cc1c(NC(=O)CSc2nc(C(C)C)cc(=O)[nH]2)c(=O)n(-c2ccccc2)n1C. The molecule has 1 amide bonds. The van der Waals surface area contributed by atoms with Gasteiger partial charge in [-0.2, -0.15) is 0 Å². The fourth-order valence-electron chi connectivity index (χ4n) is 2.84. The van der Waals surface area contributed by atoms with Gasteiger partial charge in [0.15, 0.2) is 5.16 Å². The number of anilines is 1. The maximum Gasteiger partial charge on any atom is 0.295 e. The molecule has 152 valence electrons. The minimum atomic E-state index is -0.349. The molecule has 0 saturated carbocycles. The minimum Gasteiger partial charge on any atom is -0.319 e. The van der Waals surface area contributed by atoms with E-state index in [4.69, 9.17) is 0 Å². The Morgan fingerprint density at radius 1 is 1.24 bits per heavy atom. The van der Waals surface area contributed by atoms with Gasteiger partial charge in [0.2, 0.25) is 5.91 Å². The van der Waals surface area contributed by atoms with Gasteiger partial charge in [0.05, 0.1) is 22.8 Å². The van der Waals surface area contributed by atoms with Crippen molar-refractivity contribution >= 4 is 23.4 Å². The number of rotatable bonds is 6. The van der Waals surface area contributed by atoms with Crippen LogP contribution in [0.25, 0.3) is 5.69 Å². The summed E-state index contributed by atoms with van der Waals surface area (Å²) in [7, 11) is 1.76.